The monoisotopic (exact) mass is 270 g/mol. The average molecular weight is 270 g/mol. The summed E-state index contributed by atoms with van der Waals surface area (Å²) in [6.45, 7) is 1.58. The lowest BCUT2D eigenvalue weighted by molar-refractivity contribution is 0.242. The summed E-state index contributed by atoms with van der Waals surface area (Å²) >= 11 is 0. The predicted octanol–water partition coefficient (Wildman–Crippen LogP) is -0.998. The van der Waals surface area contributed by atoms with Gasteiger partial charge >= 0.3 is 0 Å². The standard InChI is InChI=1S/C8H18N2O4S2/c1-10-5-3-4-8(6-10)9-16(13,14)7-15(2,11)12/h8-9H,3-7H2,1-2H3/t8-/m0/s1. The van der Waals surface area contributed by atoms with Gasteiger partial charge in [0.05, 0.1) is 0 Å². The van der Waals surface area contributed by atoms with Gasteiger partial charge in [-0.2, -0.15) is 0 Å². The van der Waals surface area contributed by atoms with Crippen molar-refractivity contribution in [2.24, 2.45) is 0 Å². The van der Waals surface area contributed by atoms with Crippen molar-refractivity contribution in [2.75, 3.05) is 31.5 Å². The lowest BCUT2D eigenvalue weighted by atomic mass is 10.1. The van der Waals surface area contributed by atoms with E-state index in [0.29, 0.717) is 6.54 Å². The van der Waals surface area contributed by atoms with Crippen LogP contribution in [0.3, 0.4) is 0 Å². The van der Waals surface area contributed by atoms with E-state index in [1.54, 1.807) is 0 Å². The van der Waals surface area contributed by atoms with E-state index in [1.807, 2.05) is 11.9 Å². The molecule has 1 N–H and O–H groups in total. The molecule has 1 fully saturated rings. The molecule has 0 spiro atoms. The van der Waals surface area contributed by atoms with Crippen molar-refractivity contribution >= 4 is 19.9 Å². The number of sulfonamides is 1. The summed E-state index contributed by atoms with van der Waals surface area (Å²) in [6, 6.07) is -0.175. The Kier molecular flexibility index (Phi) is 4.33. The van der Waals surface area contributed by atoms with E-state index < -0.39 is 24.9 Å². The van der Waals surface area contributed by atoms with Gasteiger partial charge in [-0.15, -0.1) is 0 Å². The molecule has 1 aliphatic rings. The van der Waals surface area contributed by atoms with Crippen LogP contribution < -0.4 is 4.72 Å². The highest BCUT2D eigenvalue weighted by atomic mass is 32.3. The highest BCUT2D eigenvalue weighted by Gasteiger charge is 2.25. The largest absolute Gasteiger partial charge is 0.305 e. The van der Waals surface area contributed by atoms with Gasteiger partial charge < -0.3 is 4.90 Å². The Bertz CT molecular complexity index is 429. The van der Waals surface area contributed by atoms with Gasteiger partial charge in [0.2, 0.25) is 10.0 Å². The molecule has 0 amide bonds. The minimum atomic E-state index is -3.73. The molecule has 0 aromatic rings. The minimum Gasteiger partial charge on any atom is -0.305 e. The van der Waals surface area contributed by atoms with Gasteiger partial charge in [-0.25, -0.2) is 21.6 Å². The number of likely N-dealkylation sites (tertiary alicyclic amines) is 1. The molecule has 6 nitrogen and oxygen atoms in total. The quantitative estimate of drug-likeness (QED) is 0.708. The number of nitrogens with one attached hydrogen (secondary N) is 1. The van der Waals surface area contributed by atoms with Crippen LogP contribution in [0.1, 0.15) is 12.8 Å². The number of hydrogen-bond donors (Lipinski definition) is 1. The Morgan fingerprint density at radius 3 is 2.44 bits per heavy atom. The molecule has 0 radical (unpaired) electrons. The van der Waals surface area contributed by atoms with Gasteiger partial charge in [-0.05, 0) is 26.4 Å². The van der Waals surface area contributed by atoms with Crippen LogP contribution in [0.4, 0.5) is 0 Å². The third kappa shape index (κ3) is 5.24. The van der Waals surface area contributed by atoms with Crippen molar-refractivity contribution in [1.29, 1.82) is 0 Å². The minimum absolute atomic E-state index is 0.175. The van der Waals surface area contributed by atoms with E-state index in [4.69, 9.17) is 0 Å². The highest BCUT2D eigenvalue weighted by Crippen LogP contribution is 2.09. The van der Waals surface area contributed by atoms with E-state index >= 15 is 0 Å². The second-order valence-corrected chi connectivity index (χ2v) is 8.64. The van der Waals surface area contributed by atoms with Gasteiger partial charge in [0.1, 0.15) is 0 Å². The number of likely N-dealkylation sites (N-methyl/N-ethyl adjacent to an activating group) is 1. The maximum atomic E-state index is 11.5. The van der Waals surface area contributed by atoms with Crippen molar-refractivity contribution in [3.05, 3.63) is 0 Å². The zero-order valence-electron chi connectivity index (χ0n) is 9.51. The van der Waals surface area contributed by atoms with E-state index in [-0.39, 0.29) is 6.04 Å². The van der Waals surface area contributed by atoms with Gasteiger partial charge in [0, 0.05) is 18.8 Å². The number of hydrogen-bond acceptors (Lipinski definition) is 5. The van der Waals surface area contributed by atoms with E-state index in [1.165, 1.54) is 0 Å². The van der Waals surface area contributed by atoms with Crippen LogP contribution in [0.15, 0.2) is 0 Å². The summed E-state index contributed by atoms with van der Waals surface area (Å²) in [5, 5.41) is -0.833. The SMILES string of the molecule is CN1CCC[C@H](NS(=O)(=O)CS(C)(=O)=O)C1. The summed E-state index contributed by atoms with van der Waals surface area (Å²) in [6.07, 6.45) is 2.59. The van der Waals surface area contributed by atoms with E-state index in [9.17, 15) is 16.8 Å². The molecular formula is C8H18N2O4S2. The highest BCUT2D eigenvalue weighted by molar-refractivity contribution is 8.06. The zero-order chi connectivity index (χ0) is 12.4. The van der Waals surface area contributed by atoms with Crippen molar-refractivity contribution < 1.29 is 16.8 Å². The van der Waals surface area contributed by atoms with Crippen molar-refractivity contribution in [3.63, 3.8) is 0 Å². The van der Waals surface area contributed by atoms with Gasteiger partial charge in [0.15, 0.2) is 14.9 Å². The fourth-order valence-corrected chi connectivity index (χ4v) is 5.06. The first-order valence-electron chi connectivity index (χ1n) is 5.04. The first kappa shape index (κ1) is 13.9. The van der Waals surface area contributed by atoms with Crippen LogP contribution >= 0.6 is 0 Å². The fourth-order valence-electron chi connectivity index (χ4n) is 1.83. The smallest absolute Gasteiger partial charge is 0.226 e. The number of piperidine rings is 1. The first-order valence-corrected chi connectivity index (χ1v) is 8.75. The summed E-state index contributed by atoms with van der Waals surface area (Å²) in [5.41, 5.74) is 0. The predicted molar refractivity (Wildman–Crippen MR) is 62.3 cm³/mol. The number of sulfone groups is 1. The van der Waals surface area contributed by atoms with Crippen LogP contribution in [0, 0.1) is 0 Å². The van der Waals surface area contributed by atoms with Crippen molar-refractivity contribution in [3.8, 4) is 0 Å². The Labute approximate surface area is 97.0 Å². The molecule has 1 rings (SSSR count). The molecule has 1 atom stereocenters. The van der Waals surface area contributed by atoms with Gasteiger partial charge in [-0.3, -0.25) is 0 Å². The maximum absolute atomic E-state index is 11.5. The molecule has 1 heterocycles. The van der Waals surface area contributed by atoms with Gasteiger partial charge in [-0.1, -0.05) is 0 Å². The zero-order valence-corrected chi connectivity index (χ0v) is 11.1. The number of nitrogens with zero attached hydrogens (tertiary/aromatic N) is 1. The maximum Gasteiger partial charge on any atom is 0.226 e. The summed E-state index contributed by atoms with van der Waals surface area (Å²) in [4.78, 5) is 2.02. The fraction of sp³-hybridized carbons (Fsp3) is 1.00. The molecule has 0 saturated carbocycles. The molecular weight excluding hydrogens is 252 g/mol. The van der Waals surface area contributed by atoms with E-state index in [0.717, 1.165) is 25.6 Å². The Morgan fingerprint density at radius 1 is 1.31 bits per heavy atom. The van der Waals surface area contributed by atoms with Crippen LogP contribution in [-0.4, -0.2) is 59.3 Å². The average Bonchev–Trinajstić information content (AvgIpc) is 1.96. The summed E-state index contributed by atoms with van der Waals surface area (Å²) in [7, 11) is -5.32. The van der Waals surface area contributed by atoms with Crippen molar-refractivity contribution in [1.82, 2.24) is 9.62 Å². The third-order valence-corrected chi connectivity index (χ3v) is 5.99. The Balaban J connectivity index is 2.59. The topological polar surface area (TPSA) is 83.6 Å². The van der Waals surface area contributed by atoms with Crippen LogP contribution in [0.5, 0.6) is 0 Å². The molecule has 0 bridgehead atoms. The lowest BCUT2D eigenvalue weighted by Gasteiger charge is -2.29. The molecule has 0 aromatic carbocycles. The molecule has 0 aliphatic carbocycles. The molecule has 96 valence electrons. The molecule has 1 saturated heterocycles. The van der Waals surface area contributed by atoms with Crippen LogP contribution in [-0.2, 0) is 19.9 Å². The van der Waals surface area contributed by atoms with Crippen LogP contribution in [0.2, 0.25) is 0 Å². The molecule has 1 aliphatic heterocycles. The van der Waals surface area contributed by atoms with Gasteiger partial charge in [0.25, 0.3) is 0 Å². The van der Waals surface area contributed by atoms with Crippen molar-refractivity contribution in [2.45, 2.75) is 18.9 Å². The second kappa shape index (κ2) is 4.99. The summed E-state index contributed by atoms with van der Waals surface area (Å²) in [5.74, 6) is 0. The Hall–Kier alpha value is -0.180. The van der Waals surface area contributed by atoms with Crippen LogP contribution in [0.25, 0.3) is 0 Å². The summed E-state index contributed by atoms with van der Waals surface area (Å²) < 4.78 is 47.3. The molecule has 16 heavy (non-hydrogen) atoms. The lowest BCUT2D eigenvalue weighted by Crippen LogP contribution is -2.47. The first-order chi connectivity index (χ1) is 7.18. The number of rotatable bonds is 4. The third-order valence-electron chi connectivity index (χ3n) is 2.34. The Morgan fingerprint density at radius 2 is 1.94 bits per heavy atom. The van der Waals surface area contributed by atoms with E-state index in [2.05, 4.69) is 4.72 Å². The second-order valence-electron chi connectivity index (χ2n) is 4.38. The molecule has 0 aromatic heterocycles. The molecule has 8 heteroatoms. The normalized spacial score (nSPS) is 24.5. The molecule has 0 unspecified atom stereocenters.